The van der Waals surface area contributed by atoms with Crippen LogP contribution >= 0.6 is 0 Å². The minimum Gasteiger partial charge on any atom is -0.369 e. The van der Waals surface area contributed by atoms with Crippen molar-refractivity contribution in [3.63, 3.8) is 0 Å². The highest BCUT2D eigenvalue weighted by Crippen LogP contribution is 2.20. The molecule has 2 aromatic rings. The number of hydrogen-bond acceptors (Lipinski definition) is 5. The Morgan fingerprint density at radius 3 is 2.88 bits per heavy atom. The summed E-state index contributed by atoms with van der Waals surface area (Å²) < 4.78 is 0. The third kappa shape index (κ3) is 4.34. The number of primary amides is 1. The largest absolute Gasteiger partial charge is 0.369 e. The van der Waals surface area contributed by atoms with E-state index in [4.69, 9.17) is 11.0 Å². The molecule has 6 nitrogen and oxygen atoms in total. The van der Waals surface area contributed by atoms with Gasteiger partial charge in [-0.15, -0.1) is 0 Å². The predicted octanol–water partition coefficient (Wildman–Crippen LogP) is 1.99. The number of carbonyl (C=O) groups excluding carboxylic acids is 1. The Labute approximate surface area is 147 Å². The number of benzene rings is 1. The third-order valence-corrected chi connectivity index (χ3v) is 4.50. The molecule has 6 heteroatoms. The van der Waals surface area contributed by atoms with Crippen LogP contribution in [-0.2, 0) is 6.54 Å². The zero-order valence-corrected chi connectivity index (χ0v) is 14.0. The quantitative estimate of drug-likeness (QED) is 0.842. The molecule has 1 aliphatic rings. The first-order chi connectivity index (χ1) is 12.2. The van der Waals surface area contributed by atoms with Gasteiger partial charge in [0.2, 0.25) is 5.91 Å². The van der Waals surface area contributed by atoms with Crippen LogP contribution in [0.4, 0.5) is 5.82 Å². The fraction of sp³-hybridized carbons (Fsp3) is 0.316. The van der Waals surface area contributed by atoms with Gasteiger partial charge in [-0.1, -0.05) is 12.1 Å². The fourth-order valence-corrected chi connectivity index (χ4v) is 3.13. The Morgan fingerprint density at radius 1 is 1.36 bits per heavy atom. The van der Waals surface area contributed by atoms with Gasteiger partial charge in [-0.3, -0.25) is 9.69 Å². The molecule has 1 unspecified atom stereocenters. The lowest BCUT2D eigenvalue weighted by atomic mass is 10.1. The maximum Gasteiger partial charge on any atom is 0.248 e. The van der Waals surface area contributed by atoms with Gasteiger partial charge >= 0.3 is 0 Å². The van der Waals surface area contributed by atoms with E-state index in [1.54, 1.807) is 30.5 Å². The molecule has 0 aliphatic carbocycles. The highest BCUT2D eigenvalue weighted by atomic mass is 16.1. The van der Waals surface area contributed by atoms with Crippen LogP contribution in [0, 0.1) is 17.2 Å². The third-order valence-electron chi connectivity index (χ3n) is 4.50. The summed E-state index contributed by atoms with van der Waals surface area (Å²) in [7, 11) is 0. The molecule has 1 fully saturated rings. The lowest BCUT2D eigenvalue weighted by Gasteiger charge is -2.17. The van der Waals surface area contributed by atoms with E-state index in [9.17, 15) is 4.79 Å². The monoisotopic (exact) mass is 335 g/mol. The van der Waals surface area contributed by atoms with E-state index in [1.807, 2.05) is 12.1 Å². The molecule has 0 radical (unpaired) electrons. The highest BCUT2D eigenvalue weighted by molar-refractivity contribution is 5.92. The smallest absolute Gasteiger partial charge is 0.248 e. The normalized spacial score (nSPS) is 17.2. The molecular formula is C19H21N5O. The molecule has 25 heavy (non-hydrogen) atoms. The van der Waals surface area contributed by atoms with Gasteiger partial charge in [-0.2, -0.15) is 5.26 Å². The Kier molecular flexibility index (Phi) is 5.26. The SMILES string of the molecule is N#Cc1cccnc1NCC1CCN(Cc2ccc(C(N)=O)cc2)C1. The van der Waals surface area contributed by atoms with Gasteiger partial charge in [0.05, 0.1) is 5.56 Å². The molecule has 1 aromatic carbocycles. The number of rotatable bonds is 6. The minimum atomic E-state index is -0.398. The van der Waals surface area contributed by atoms with Crippen LogP contribution in [0.2, 0.25) is 0 Å². The molecule has 0 bridgehead atoms. The first-order valence-corrected chi connectivity index (χ1v) is 8.36. The van der Waals surface area contributed by atoms with Gasteiger partial charge < -0.3 is 11.1 Å². The zero-order chi connectivity index (χ0) is 17.6. The lowest BCUT2D eigenvalue weighted by Crippen LogP contribution is -2.23. The van der Waals surface area contributed by atoms with Crippen LogP contribution in [0.25, 0.3) is 0 Å². The predicted molar refractivity (Wildman–Crippen MR) is 95.8 cm³/mol. The Hall–Kier alpha value is -2.91. The first-order valence-electron chi connectivity index (χ1n) is 8.36. The molecule has 0 saturated carbocycles. The van der Waals surface area contributed by atoms with Crippen molar-refractivity contribution in [3.05, 3.63) is 59.3 Å². The van der Waals surface area contributed by atoms with E-state index in [0.717, 1.165) is 32.6 Å². The molecule has 1 saturated heterocycles. The van der Waals surface area contributed by atoms with Crippen LogP contribution in [0.5, 0.6) is 0 Å². The van der Waals surface area contributed by atoms with Crippen molar-refractivity contribution in [2.75, 3.05) is 25.0 Å². The van der Waals surface area contributed by atoms with E-state index < -0.39 is 5.91 Å². The van der Waals surface area contributed by atoms with Crippen molar-refractivity contribution < 1.29 is 4.79 Å². The molecule has 1 aliphatic heterocycles. The standard InChI is InChI=1S/C19H21N5O/c20-10-17-2-1-8-22-19(17)23-11-15-7-9-24(13-15)12-14-3-5-16(6-4-14)18(21)25/h1-6,8,15H,7,9,11-13H2,(H2,21,25)(H,22,23). The number of nitriles is 1. The van der Waals surface area contributed by atoms with Crippen molar-refractivity contribution in [1.29, 1.82) is 5.26 Å². The van der Waals surface area contributed by atoms with Crippen LogP contribution in [0.3, 0.4) is 0 Å². The average molecular weight is 335 g/mol. The van der Waals surface area contributed by atoms with E-state index in [-0.39, 0.29) is 0 Å². The first kappa shape index (κ1) is 16.9. The van der Waals surface area contributed by atoms with Crippen molar-refractivity contribution in [2.24, 2.45) is 11.7 Å². The molecule has 2 heterocycles. The second kappa shape index (κ2) is 7.77. The van der Waals surface area contributed by atoms with Crippen LogP contribution in [0.1, 0.15) is 27.9 Å². The van der Waals surface area contributed by atoms with E-state index >= 15 is 0 Å². The second-order valence-corrected chi connectivity index (χ2v) is 6.34. The topological polar surface area (TPSA) is 95.0 Å². The molecular weight excluding hydrogens is 314 g/mol. The molecule has 3 N–H and O–H groups in total. The van der Waals surface area contributed by atoms with E-state index in [1.165, 1.54) is 5.56 Å². The number of nitrogens with one attached hydrogen (secondary N) is 1. The summed E-state index contributed by atoms with van der Waals surface area (Å²) in [6.45, 7) is 3.71. The zero-order valence-electron chi connectivity index (χ0n) is 14.0. The molecule has 1 atom stereocenters. The summed E-state index contributed by atoms with van der Waals surface area (Å²) in [5, 5.41) is 12.4. The van der Waals surface area contributed by atoms with Crippen molar-refractivity contribution in [3.8, 4) is 6.07 Å². The summed E-state index contributed by atoms with van der Waals surface area (Å²) in [6.07, 6.45) is 2.81. The van der Waals surface area contributed by atoms with Crippen LogP contribution in [0.15, 0.2) is 42.6 Å². The maximum absolute atomic E-state index is 11.1. The maximum atomic E-state index is 11.1. The van der Waals surface area contributed by atoms with Gasteiger partial charge in [-0.05, 0) is 48.7 Å². The van der Waals surface area contributed by atoms with Crippen molar-refractivity contribution >= 4 is 11.7 Å². The summed E-state index contributed by atoms with van der Waals surface area (Å²) >= 11 is 0. The van der Waals surface area contributed by atoms with E-state index in [2.05, 4.69) is 21.3 Å². The number of nitrogens with zero attached hydrogens (tertiary/aromatic N) is 3. The number of nitrogens with two attached hydrogens (primary N) is 1. The molecule has 1 amide bonds. The van der Waals surface area contributed by atoms with Gasteiger partial charge in [0.25, 0.3) is 0 Å². The van der Waals surface area contributed by atoms with E-state index in [0.29, 0.717) is 22.9 Å². The molecule has 1 aromatic heterocycles. The number of hydrogen-bond donors (Lipinski definition) is 2. The number of anilines is 1. The lowest BCUT2D eigenvalue weighted by molar-refractivity contribution is 0.100. The summed E-state index contributed by atoms with van der Waals surface area (Å²) in [5.74, 6) is 0.786. The van der Waals surface area contributed by atoms with Gasteiger partial charge in [0.15, 0.2) is 0 Å². The number of amides is 1. The molecule has 128 valence electrons. The van der Waals surface area contributed by atoms with Crippen molar-refractivity contribution in [1.82, 2.24) is 9.88 Å². The number of pyridine rings is 1. The molecule has 0 spiro atoms. The number of likely N-dealkylation sites (tertiary alicyclic amines) is 1. The highest BCUT2D eigenvalue weighted by Gasteiger charge is 2.22. The Bertz CT molecular complexity index is 781. The van der Waals surface area contributed by atoms with Gasteiger partial charge in [-0.25, -0.2) is 4.98 Å². The molecule has 3 rings (SSSR count). The summed E-state index contributed by atoms with van der Waals surface area (Å²) in [5.41, 5.74) is 7.56. The Morgan fingerprint density at radius 2 is 2.16 bits per heavy atom. The fourth-order valence-electron chi connectivity index (χ4n) is 3.13. The second-order valence-electron chi connectivity index (χ2n) is 6.34. The summed E-state index contributed by atoms with van der Waals surface area (Å²) in [6, 6.07) is 13.2. The number of carbonyl (C=O) groups is 1. The number of aromatic nitrogens is 1. The Balaban J connectivity index is 1.50. The van der Waals surface area contributed by atoms with Gasteiger partial charge in [0.1, 0.15) is 11.9 Å². The minimum absolute atomic E-state index is 0.398. The summed E-state index contributed by atoms with van der Waals surface area (Å²) in [4.78, 5) is 17.7. The van der Waals surface area contributed by atoms with Crippen LogP contribution < -0.4 is 11.1 Å². The average Bonchev–Trinajstić information content (AvgIpc) is 3.08. The van der Waals surface area contributed by atoms with Crippen molar-refractivity contribution in [2.45, 2.75) is 13.0 Å². The van der Waals surface area contributed by atoms with Crippen LogP contribution in [-0.4, -0.2) is 35.4 Å². The van der Waals surface area contributed by atoms with Gasteiger partial charge in [0, 0.05) is 31.4 Å².